The van der Waals surface area contributed by atoms with Crippen LogP contribution in [0, 0.1) is 5.92 Å². The highest BCUT2D eigenvalue weighted by atomic mass is 32.2. The Morgan fingerprint density at radius 2 is 1.72 bits per heavy atom. The van der Waals surface area contributed by atoms with Gasteiger partial charge >= 0.3 is 6.18 Å². The first-order valence-electron chi connectivity index (χ1n) is 6.16. The van der Waals surface area contributed by atoms with Crippen molar-refractivity contribution in [3.8, 4) is 0 Å². The Hall–Kier alpha value is -0.300. The maximum atomic E-state index is 12.4. The largest absolute Gasteiger partial charge is 0.391 e. The zero-order valence-electron chi connectivity index (χ0n) is 10.5. The van der Waals surface area contributed by atoms with Gasteiger partial charge in [0, 0.05) is 12.3 Å². The van der Waals surface area contributed by atoms with Gasteiger partial charge in [-0.1, -0.05) is 0 Å². The molecule has 0 radical (unpaired) electrons. The number of hydrogen-bond acceptors (Lipinski definition) is 3. The summed E-state index contributed by atoms with van der Waals surface area (Å²) in [4.78, 5) is 0. The Morgan fingerprint density at radius 3 is 2.17 bits per heavy atom. The van der Waals surface area contributed by atoms with E-state index in [2.05, 4.69) is 5.32 Å². The molecule has 0 saturated heterocycles. The SMILES string of the molecule is CS(=O)(=O)CCCNC1CCC(C(F)(F)F)CC1. The van der Waals surface area contributed by atoms with Crippen LogP contribution in [0.5, 0.6) is 0 Å². The lowest BCUT2D eigenvalue weighted by atomic mass is 9.85. The van der Waals surface area contributed by atoms with Crippen LogP contribution < -0.4 is 5.32 Å². The summed E-state index contributed by atoms with van der Waals surface area (Å²) < 4.78 is 59.0. The van der Waals surface area contributed by atoms with Crippen LogP contribution in [0.15, 0.2) is 0 Å². The van der Waals surface area contributed by atoms with E-state index in [9.17, 15) is 21.6 Å². The third-order valence-electron chi connectivity index (χ3n) is 3.32. The zero-order chi connectivity index (χ0) is 13.8. The highest BCUT2D eigenvalue weighted by molar-refractivity contribution is 7.90. The average molecular weight is 287 g/mol. The van der Waals surface area contributed by atoms with Crippen LogP contribution in [0.2, 0.25) is 0 Å². The third-order valence-corrected chi connectivity index (χ3v) is 4.35. The van der Waals surface area contributed by atoms with Crippen molar-refractivity contribution in [1.29, 1.82) is 0 Å². The molecule has 1 rings (SSSR count). The topological polar surface area (TPSA) is 46.2 Å². The van der Waals surface area contributed by atoms with Crippen LogP contribution in [0.4, 0.5) is 13.2 Å². The van der Waals surface area contributed by atoms with Crippen molar-refractivity contribution < 1.29 is 21.6 Å². The second kappa shape index (κ2) is 6.23. The highest BCUT2D eigenvalue weighted by Crippen LogP contribution is 2.37. The number of sulfone groups is 1. The Morgan fingerprint density at radius 1 is 1.17 bits per heavy atom. The van der Waals surface area contributed by atoms with E-state index in [0.29, 0.717) is 25.8 Å². The predicted octanol–water partition coefficient (Wildman–Crippen LogP) is 2.13. The Balaban J connectivity index is 2.17. The van der Waals surface area contributed by atoms with Crippen molar-refractivity contribution in [2.45, 2.75) is 44.3 Å². The summed E-state index contributed by atoms with van der Waals surface area (Å²) in [6.07, 6.45) is -0.993. The van der Waals surface area contributed by atoms with Gasteiger partial charge in [-0.2, -0.15) is 13.2 Å². The number of hydrogen-bond donors (Lipinski definition) is 1. The van der Waals surface area contributed by atoms with Gasteiger partial charge in [0.15, 0.2) is 0 Å². The smallest absolute Gasteiger partial charge is 0.314 e. The molecular formula is C11H20F3NO2S. The molecule has 1 aliphatic rings. The summed E-state index contributed by atoms with van der Waals surface area (Å²) in [5.74, 6) is -1.04. The van der Waals surface area contributed by atoms with Gasteiger partial charge in [-0.15, -0.1) is 0 Å². The molecule has 108 valence electrons. The maximum absolute atomic E-state index is 12.4. The van der Waals surface area contributed by atoms with Crippen LogP contribution >= 0.6 is 0 Å². The maximum Gasteiger partial charge on any atom is 0.391 e. The first-order valence-corrected chi connectivity index (χ1v) is 8.22. The minimum atomic E-state index is -4.07. The minimum absolute atomic E-state index is 0.100. The van der Waals surface area contributed by atoms with Crippen molar-refractivity contribution in [2.75, 3.05) is 18.6 Å². The average Bonchev–Trinajstić information content (AvgIpc) is 2.22. The van der Waals surface area contributed by atoms with Crippen LogP contribution in [0.25, 0.3) is 0 Å². The standard InChI is InChI=1S/C11H20F3NO2S/c1-18(16,17)8-2-7-15-10-5-3-9(4-6-10)11(12,13)14/h9-10,15H,2-8H2,1H3. The van der Waals surface area contributed by atoms with E-state index in [-0.39, 0.29) is 24.6 Å². The first-order chi connectivity index (χ1) is 8.18. The molecular weight excluding hydrogens is 267 g/mol. The molecule has 0 aromatic heterocycles. The summed E-state index contributed by atoms with van der Waals surface area (Å²) in [6.45, 7) is 0.550. The monoisotopic (exact) mass is 287 g/mol. The Kier molecular flexibility index (Phi) is 5.46. The number of nitrogens with one attached hydrogen (secondary N) is 1. The van der Waals surface area contributed by atoms with Gasteiger partial charge in [0.25, 0.3) is 0 Å². The van der Waals surface area contributed by atoms with Crippen molar-refractivity contribution >= 4 is 9.84 Å². The lowest BCUT2D eigenvalue weighted by Gasteiger charge is -2.30. The molecule has 0 spiro atoms. The summed E-state index contributed by atoms with van der Waals surface area (Å²) in [5.41, 5.74) is 0. The molecule has 0 bridgehead atoms. The Bertz CT molecular complexity index is 346. The van der Waals surface area contributed by atoms with Crippen LogP contribution in [0.3, 0.4) is 0 Å². The van der Waals surface area contributed by atoms with Crippen molar-refractivity contribution in [3.05, 3.63) is 0 Å². The zero-order valence-corrected chi connectivity index (χ0v) is 11.3. The number of alkyl halides is 3. The number of halogens is 3. The molecule has 0 unspecified atom stereocenters. The van der Waals surface area contributed by atoms with Crippen molar-refractivity contribution in [1.82, 2.24) is 5.32 Å². The highest BCUT2D eigenvalue weighted by Gasteiger charge is 2.41. The van der Waals surface area contributed by atoms with Gasteiger partial charge in [0.05, 0.1) is 11.7 Å². The third kappa shape index (κ3) is 6.04. The minimum Gasteiger partial charge on any atom is -0.314 e. The van der Waals surface area contributed by atoms with Crippen molar-refractivity contribution in [2.24, 2.45) is 5.92 Å². The molecule has 0 amide bonds. The molecule has 3 nitrogen and oxygen atoms in total. The van der Waals surface area contributed by atoms with E-state index in [4.69, 9.17) is 0 Å². The normalized spacial score (nSPS) is 26.2. The van der Waals surface area contributed by atoms with Gasteiger partial charge in [0.1, 0.15) is 9.84 Å². The second-order valence-electron chi connectivity index (χ2n) is 5.03. The number of rotatable bonds is 5. The van der Waals surface area contributed by atoms with Gasteiger partial charge in [-0.05, 0) is 38.6 Å². The second-order valence-corrected chi connectivity index (χ2v) is 7.29. The summed E-state index contributed by atoms with van der Waals surface area (Å²) in [7, 11) is -2.94. The molecule has 0 aromatic carbocycles. The summed E-state index contributed by atoms with van der Waals surface area (Å²) >= 11 is 0. The molecule has 0 aliphatic heterocycles. The molecule has 1 N–H and O–H groups in total. The van der Waals surface area contributed by atoms with Gasteiger partial charge < -0.3 is 5.32 Å². The van der Waals surface area contributed by atoms with E-state index in [0.717, 1.165) is 0 Å². The van der Waals surface area contributed by atoms with E-state index in [1.54, 1.807) is 0 Å². The van der Waals surface area contributed by atoms with Crippen LogP contribution in [0.1, 0.15) is 32.1 Å². The van der Waals surface area contributed by atoms with E-state index in [1.807, 2.05) is 0 Å². The van der Waals surface area contributed by atoms with Crippen LogP contribution in [-0.4, -0.2) is 39.2 Å². The molecule has 1 saturated carbocycles. The molecule has 18 heavy (non-hydrogen) atoms. The molecule has 0 aromatic rings. The predicted molar refractivity (Wildman–Crippen MR) is 64.1 cm³/mol. The Labute approximate surface area is 106 Å². The van der Waals surface area contributed by atoms with Gasteiger partial charge in [-0.25, -0.2) is 8.42 Å². The fourth-order valence-corrected chi connectivity index (χ4v) is 2.93. The quantitative estimate of drug-likeness (QED) is 0.788. The lowest BCUT2D eigenvalue weighted by molar-refractivity contribution is -0.182. The van der Waals surface area contributed by atoms with Gasteiger partial charge in [0.2, 0.25) is 0 Å². The molecule has 0 heterocycles. The van der Waals surface area contributed by atoms with E-state index < -0.39 is 21.9 Å². The first kappa shape index (κ1) is 15.8. The molecule has 0 atom stereocenters. The summed E-state index contributed by atoms with van der Waals surface area (Å²) in [5, 5.41) is 3.13. The molecule has 1 fully saturated rings. The van der Waals surface area contributed by atoms with Gasteiger partial charge in [-0.3, -0.25) is 0 Å². The molecule has 7 heteroatoms. The van der Waals surface area contributed by atoms with Crippen molar-refractivity contribution in [3.63, 3.8) is 0 Å². The summed E-state index contributed by atoms with van der Waals surface area (Å²) in [6, 6.07) is 0.100. The fourth-order valence-electron chi connectivity index (χ4n) is 2.27. The molecule has 1 aliphatic carbocycles. The van der Waals surface area contributed by atoms with E-state index in [1.165, 1.54) is 6.26 Å². The lowest BCUT2D eigenvalue weighted by Crippen LogP contribution is -2.37. The van der Waals surface area contributed by atoms with Crippen LogP contribution in [-0.2, 0) is 9.84 Å². The fraction of sp³-hybridized carbons (Fsp3) is 1.00. The van der Waals surface area contributed by atoms with E-state index >= 15 is 0 Å².